The van der Waals surface area contributed by atoms with E-state index in [-0.39, 0.29) is 18.4 Å². The number of para-hydroxylation sites is 1. The summed E-state index contributed by atoms with van der Waals surface area (Å²) in [5, 5.41) is 20.9. The number of carbonyl (C=O) groups is 5. The molecule has 16 nitrogen and oxygen atoms in total. The molecule has 2 aliphatic rings. The van der Waals surface area contributed by atoms with E-state index in [1.807, 2.05) is 53.4 Å². The second-order valence-electron chi connectivity index (χ2n) is 14.1. The number of nitrogens with two attached hydrogens (primary N) is 2. The van der Waals surface area contributed by atoms with Crippen LogP contribution in [0.15, 0.2) is 69.9 Å². The van der Waals surface area contributed by atoms with Gasteiger partial charge in [-0.05, 0) is 99.6 Å². The zero-order chi connectivity index (χ0) is 47.8. The lowest BCUT2D eigenvalue weighted by molar-refractivity contribution is -0.193. The van der Waals surface area contributed by atoms with Gasteiger partial charge in [-0.25, -0.2) is 14.4 Å². The average Bonchev–Trinajstić information content (AvgIpc) is 3.25. The van der Waals surface area contributed by atoms with Gasteiger partial charge in [0.2, 0.25) is 11.8 Å². The van der Waals surface area contributed by atoms with Gasteiger partial charge in [-0.15, -0.1) is 0 Å². The summed E-state index contributed by atoms with van der Waals surface area (Å²) in [5.74, 6) is -6.08. The van der Waals surface area contributed by atoms with Crippen molar-refractivity contribution in [2.45, 2.75) is 50.1 Å². The third-order valence-electron chi connectivity index (χ3n) is 9.62. The van der Waals surface area contributed by atoms with Crippen molar-refractivity contribution in [1.82, 2.24) is 25.4 Å². The van der Waals surface area contributed by atoms with Crippen LogP contribution in [0.4, 0.5) is 48.2 Å². The first-order chi connectivity index (χ1) is 30.0. The van der Waals surface area contributed by atoms with E-state index in [2.05, 4.69) is 57.3 Å². The molecule has 0 unspecified atom stereocenters. The Bertz CT molecular complexity index is 2000. The molecular formula is C39H46Br2ClF6N9O7. The van der Waals surface area contributed by atoms with Crippen LogP contribution in [0.3, 0.4) is 0 Å². The van der Waals surface area contributed by atoms with Crippen molar-refractivity contribution in [1.29, 1.82) is 0 Å². The molecule has 352 valence electrons. The van der Waals surface area contributed by atoms with Crippen LogP contribution in [0.1, 0.15) is 24.8 Å². The lowest BCUT2D eigenvalue weighted by Gasteiger charge is -2.38. The van der Waals surface area contributed by atoms with Crippen molar-refractivity contribution in [2.24, 2.45) is 5.73 Å². The third kappa shape index (κ3) is 16.8. The van der Waals surface area contributed by atoms with Crippen LogP contribution in [-0.2, 0) is 25.6 Å². The number of aliphatic carboxylic acids is 2. The first kappa shape index (κ1) is 53.3. The Hall–Kier alpha value is -5.07. The molecule has 2 aliphatic heterocycles. The molecule has 2 saturated heterocycles. The van der Waals surface area contributed by atoms with Gasteiger partial charge in [0.1, 0.15) is 12.1 Å². The predicted molar refractivity (Wildman–Crippen MR) is 233 cm³/mol. The molecular weight excluding hydrogens is 1020 g/mol. The smallest absolute Gasteiger partial charge is 0.475 e. The van der Waals surface area contributed by atoms with Crippen molar-refractivity contribution in [3.8, 4) is 0 Å². The van der Waals surface area contributed by atoms with Crippen LogP contribution >= 0.6 is 43.5 Å². The van der Waals surface area contributed by atoms with Crippen molar-refractivity contribution in [2.75, 3.05) is 74.4 Å². The Labute approximate surface area is 385 Å². The van der Waals surface area contributed by atoms with E-state index in [4.69, 9.17) is 42.9 Å². The van der Waals surface area contributed by atoms with E-state index in [1.165, 1.54) is 0 Å². The number of hydrogen-bond donors (Lipinski definition) is 6. The molecule has 4 amide bonds. The number of unbranched alkanes of at least 4 members (excludes halogenated alkanes) is 1. The van der Waals surface area contributed by atoms with Crippen molar-refractivity contribution in [3.05, 3.63) is 80.5 Å². The monoisotopic (exact) mass is 1060 g/mol. The molecule has 0 radical (unpaired) electrons. The Balaban J connectivity index is 0.000000671. The second kappa shape index (κ2) is 24.8. The number of rotatable bonds is 12. The maximum Gasteiger partial charge on any atom is 0.490 e. The Morgan fingerprint density at radius 2 is 1.25 bits per heavy atom. The number of halogens is 9. The van der Waals surface area contributed by atoms with Crippen LogP contribution in [0.5, 0.6) is 0 Å². The molecule has 0 bridgehead atoms. The normalized spacial score (nSPS) is 15.1. The number of alkyl halides is 6. The zero-order valence-corrected chi connectivity index (χ0v) is 37.8. The first-order valence-corrected chi connectivity index (χ1v) is 21.3. The van der Waals surface area contributed by atoms with Gasteiger partial charge in [-0.2, -0.15) is 26.3 Å². The number of anilines is 3. The number of nitrogens with zero attached hydrogens (tertiary/aromatic N) is 5. The van der Waals surface area contributed by atoms with Gasteiger partial charge in [-0.3, -0.25) is 14.6 Å². The summed E-state index contributed by atoms with van der Waals surface area (Å²) in [6.07, 6.45) is -4.63. The molecule has 0 spiro atoms. The van der Waals surface area contributed by atoms with E-state index >= 15 is 0 Å². The summed E-state index contributed by atoms with van der Waals surface area (Å²) in [7, 11) is 0. The summed E-state index contributed by atoms with van der Waals surface area (Å²) in [6, 6.07) is 13.2. The highest BCUT2D eigenvalue weighted by atomic mass is 79.9. The summed E-state index contributed by atoms with van der Waals surface area (Å²) >= 11 is 13.4. The number of pyridine rings is 1. The number of hydrogen-bond acceptors (Lipinski definition) is 10. The van der Waals surface area contributed by atoms with Gasteiger partial charge in [0.05, 0.1) is 16.4 Å². The molecule has 25 heteroatoms. The van der Waals surface area contributed by atoms with Gasteiger partial charge in [-0.1, -0.05) is 23.7 Å². The fourth-order valence-corrected chi connectivity index (χ4v) is 7.82. The van der Waals surface area contributed by atoms with Crippen LogP contribution in [-0.4, -0.2) is 138 Å². The van der Waals surface area contributed by atoms with Crippen molar-refractivity contribution < 1.29 is 60.5 Å². The molecule has 0 saturated carbocycles. The zero-order valence-electron chi connectivity index (χ0n) is 33.8. The molecule has 0 aliphatic carbocycles. The highest BCUT2D eigenvalue weighted by Crippen LogP contribution is 2.30. The van der Waals surface area contributed by atoms with E-state index in [1.54, 1.807) is 17.3 Å². The summed E-state index contributed by atoms with van der Waals surface area (Å²) < 4.78 is 64.8. The number of nitrogens with one attached hydrogen (secondary N) is 2. The highest BCUT2D eigenvalue weighted by Gasteiger charge is 2.39. The van der Waals surface area contributed by atoms with Crippen molar-refractivity contribution >= 4 is 90.3 Å². The first-order valence-electron chi connectivity index (χ1n) is 19.4. The predicted octanol–water partition coefficient (Wildman–Crippen LogP) is 5.51. The summed E-state index contributed by atoms with van der Waals surface area (Å²) in [4.78, 5) is 71.5. The van der Waals surface area contributed by atoms with Crippen LogP contribution < -0.4 is 31.9 Å². The number of amides is 4. The maximum absolute atomic E-state index is 14.1. The minimum Gasteiger partial charge on any atom is -0.475 e. The number of carboxylic acids is 2. The molecule has 3 aromatic rings. The molecule has 2 fully saturated rings. The average molecular weight is 1060 g/mol. The number of nitrogen functional groups attached to an aromatic ring is 1. The molecule has 5 rings (SSSR count). The molecule has 8 N–H and O–H groups in total. The van der Waals surface area contributed by atoms with Crippen LogP contribution in [0.2, 0.25) is 5.02 Å². The van der Waals surface area contributed by atoms with Crippen LogP contribution in [0, 0.1) is 0 Å². The highest BCUT2D eigenvalue weighted by molar-refractivity contribution is 9.11. The minimum atomic E-state index is -5.08. The fourth-order valence-electron chi connectivity index (χ4n) is 6.28. The maximum atomic E-state index is 14.1. The number of piperazine rings is 2. The Morgan fingerprint density at radius 1 is 0.750 bits per heavy atom. The molecule has 2 aromatic carbocycles. The van der Waals surface area contributed by atoms with E-state index < -0.39 is 42.3 Å². The Kier molecular flexibility index (Phi) is 20.7. The standard InChI is InChI=1S/C35H44Br2ClN9O3.2C2HF3O2/c36-26-21-24(22-27(37)32(26)40)23-30(43-35(50)47-19-15-45(16-20-47)31-7-2-1-5-28(31)38)33(48)42-29(6-3-4-10-39)34(49)46-17-13-44(14-18-46)25-8-11-41-12-9-25;2*3-2(4,5)1(6)7/h1-2,5,7-9,11-12,21-22,29-30H,3-4,6,10,13-20,23,39-40H2,(H,42,48)(H,43,50);2*(H,6,7)/t29-,30+;;/m0../s1. The van der Waals surface area contributed by atoms with Gasteiger partial charge in [0, 0.05) is 85.8 Å². The minimum absolute atomic E-state index is 0.136. The molecule has 3 heterocycles. The lowest BCUT2D eigenvalue weighted by Crippen LogP contribution is -2.59. The number of carboxylic acid groups (broad SMARTS) is 2. The number of carbonyl (C=O) groups excluding carboxylic acids is 3. The largest absolute Gasteiger partial charge is 0.490 e. The Morgan fingerprint density at radius 3 is 1.75 bits per heavy atom. The summed E-state index contributed by atoms with van der Waals surface area (Å²) in [5.41, 5.74) is 15.2. The number of urea groups is 1. The third-order valence-corrected chi connectivity index (χ3v) is 11.3. The molecule has 64 heavy (non-hydrogen) atoms. The van der Waals surface area contributed by atoms with Crippen LogP contribution in [0.25, 0.3) is 0 Å². The van der Waals surface area contributed by atoms with Crippen molar-refractivity contribution in [3.63, 3.8) is 0 Å². The lowest BCUT2D eigenvalue weighted by atomic mass is 10.0. The van der Waals surface area contributed by atoms with E-state index in [0.717, 1.165) is 23.4 Å². The quantitative estimate of drug-likeness (QED) is 0.0750. The topological polar surface area (TPSA) is 228 Å². The van der Waals surface area contributed by atoms with Gasteiger partial charge >= 0.3 is 30.3 Å². The van der Waals surface area contributed by atoms with E-state index in [9.17, 15) is 40.7 Å². The fraction of sp³-hybridized carbons (Fsp3) is 0.436. The number of benzene rings is 2. The van der Waals surface area contributed by atoms with Gasteiger partial charge < -0.3 is 51.9 Å². The van der Waals surface area contributed by atoms with Gasteiger partial charge in [0.15, 0.2) is 0 Å². The van der Waals surface area contributed by atoms with E-state index in [0.29, 0.717) is 91.4 Å². The van der Waals surface area contributed by atoms with Gasteiger partial charge in [0.25, 0.3) is 0 Å². The summed E-state index contributed by atoms with van der Waals surface area (Å²) in [6.45, 7) is 4.98. The SMILES string of the molecule is NCCCC[C@H](NC(=O)[C@@H](Cc1cc(Br)c(N)c(Br)c1)NC(=O)N1CCN(c2ccccc2Cl)CC1)C(=O)N1CCN(c2ccncc2)CC1.O=C(O)C(F)(F)F.O=C(O)C(F)(F)F. The second-order valence-corrected chi connectivity index (χ2v) is 16.2. The molecule has 2 atom stereocenters. The molecule has 1 aromatic heterocycles. The number of aromatic nitrogens is 1.